The number of benzene rings is 6. The van der Waals surface area contributed by atoms with Gasteiger partial charge in [-0.2, -0.15) is 26.3 Å². The first-order chi connectivity index (χ1) is 27.7. The SMILES string of the molecule is Nc1cc(-c2ccc(O)c(N)c2)ccc1O.Nc1cc(C(c2ccc(O)c(N)c2)(C(F)(F)F)C(F)(F)F)ccc1O.Nc1cc(S(=O)(=O)c2ccc(O)c(N)c2)ccc1O. The van der Waals surface area contributed by atoms with Gasteiger partial charge in [0.25, 0.3) is 0 Å². The van der Waals surface area contributed by atoms with Crippen molar-refractivity contribution in [1.29, 1.82) is 0 Å². The van der Waals surface area contributed by atoms with Crippen molar-refractivity contribution in [1.82, 2.24) is 0 Å². The van der Waals surface area contributed by atoms with E-state index in [4.69, 9.17) is 34.4 Å². The summed E-state index contributed by atoms with van der Waals surface area (Å²) in [6.45, 7) is 0. The molecule has 60 heavy (non-hydrogen) atoms. The smallest absolute Gasteiger partial charge is 0.411 e. The number of phenols is 6. The number of sulfone groups is 1. The van der Waals surface area contributed by atoms with Gasteiger partial charge >= 0.3 is 12.4 Å². The molecular weight excluding hydrogens is 827 g/mol. The molecule has 0 saturated carbocycles. The van der Waals surface area contributed by atoms with E-state index in [9.17, 15) is 65.4 Å². The second-order valence-corrected chi connectivity index (χ2v) is 14.7. The number of aromatic hydroxyl groups is 6. The van der Waals surface area contributed by atoms with Crippen LogP contribution in [-0.4, -0.2) is 51.4 Å². The van der Waals surface area contributed by atoms with E-state index in [1.54, 1.807) is 24.3 Å². The van der Waals surface area contributed by atoms with Crippen LogP contribution in [0.3, 0.4) is 0 Å². The average Bonchev–Trinajstić information content (AvgIpc) is 3.15. The fourth-order valence-electron chi connectivity index (χ4n) is 5.56. The molecular formula is C39H36F6N6O8S. The third kappa shape index (κ3) is 9.10. The average molecular weight is 863 g/mol. The summed E-state index contributed by atoms with van der Waals surface area (Å²) in [5.74, 6) is -1.60. The molecule has 18 N–H and O–H groups in total. The second-order valence-electron chi connectivity index (χ2n) is 12.8. The third-order valence-electron chi connectivity index (χ3n) is 8.78. The highest BCUT2D eigenvalue weighted by Crippen LogP contribution is 2.57. The van der Waals surface area contributed by atoms with E-state index < -0.39 is 61.6 Å². The van der Waals surface area contributed by atoms with Crippen LogP contribution in [0.5, 0.6) is 34.5 Å². The van der Waals surface area contributed by atoms with Crippen LogP contribution in [0.4, 0.5) is 60.5 Å². The maximum Gasteiger partial charge on any atom is 0.411 e. The fourth-order valence-corrected chi connectivity index (χ4v) is 6.89. The van der Waals surface area contributed by atoms with Crippen LogP contribution in [0.15, 0.2) is 119 Å². The van der Waals surface area contributed by atoms with Gasteiger partial charge in [-0.1, -0.05) is 24.3 Å². The van der Waals surface area contributed by atoms with Gasteiger partial charge in [0.1, 0.15) is 34.5 Å². The van der Waals surface area contributed by atoms with Gasteiger partial charge in [-0.15, -0.1) is 0 Å². The Morgan fingerprint density at radius 3 is 0.867 bits per heavy atom. The summed E-state index contributed by atoms with van der Waals surface area (Å²) in [7, 11) is -3.80. The van der Waals surface area contributed by atoms with Crippen molar-refractivity contribution in [3.63, 3.8) is 0 Å². The summed E-state index contributed by atoms with van der Waals surface area (Å²) >= 11 is 0. The molecule has 0 saturated heterocycles. The van der Waals surface area contributed by atoms with Crippen molar-refractivity contribution in [2.45, 2.75) is 27.6 Å². The number of anilines is 6. The molecule has 0 radical (unpaired) electrons. The number of hydrogen-bond acceptors (Lipinski definition) is 14. The number of rotatable bonds is 5. The maximum absolute atomic E-state index is 13.8. The lowest BCUT2D eigenvalue weighted by Gasteiger charge is -2.38. The van der Waals surface area contributed by atoms with Crippen LogP contribution < -0.4 is 34.4 Å². The van der Waals surface area contributed by atoms with E-state index in [0.29, 0.717) is 47.8 Å². The fraction of sp³-hybridized carbons (Fsp3) is 0.0769. The molecule has 0 heterocycles. The van der Waals surface area contributed by atoms with Gasteiger partial charge in [-0.25, -0.2) is 8.42 Å². The summed E-state index contributed by atoms with van der Waals surface area (Å²) in [6, 6.07) is 20.1. The number of hydrogen-bond donors (Lipinski definition) is 12. The second kappa shape index (κ2) is 16.7. The topological polar surface area (TPSA) is 312 Å². The summed E-state index contributed by atoms with van der Waals surface area (Å²) in [5, 5.41) is 55.8. The molecule has 0 amide bonds. The molecule has 0 aliphatic heterocycles. The lowest BCUT2D eigenvalue weighted by Crippen LogP contribution is -2.54. The van der Waals surface area contributed by atoms with Crippen LogP contribution in [0.25, 0.3) is 11.1 Å². The van der Waals surface area contributed by atoms with E-state index in [-0.39, 0.29) is 44.2 Å². The van der Waals surface area contributed by atoms with Gasteiger partial charge in [0, 0.05) is 0 Å². The monoisotopic (exact) mass is 862 g/mol. The minimum atomic E-state index is -5.82. The lowest BCUT2D eigenvalue weighted by atomic mass is 9.72. The molecule has 0 atom stereocenters. The predicted octanol–water partition coefficient (Wildman–Crippen LogP) is 6.70. The Bertz CT molecular complexity index is 2490. The first-order valence-electron chi connectivity index (χ1n) is 16.6. The molecule has 0 aliphatic rings. The van der Waals surface area contributed by atoms with E-state index in [0.717, 1.165) is 23.3 Å². The number of nitrogen functional groups attached to an aromatic ring is 6. The van der Waals surface area contributed by atoms with Crippen LogP contribution in [0.2, 0.25) is 0 Å². The Hall–Kier alpha value is -7.55. The van der Waals surface area contributed by atoms with Crippen molar-refractivity contribution >= 4 is 44.0 Å². The molecule has 21 heteroatoms. The highest BCUT2D eigenvalue weighted by atomic mass is 32.2. The van der Waals surface area contributed by atoms with Crippen molar-refractivity contribution < 1.29 is 65.4 Å². The third-order valence-corrected chi connectivity index (χ3v) is 10.5. The summed E-state index contributed by atoms with van der Waals surface area (Å²) in [5.41, 5.74) is 26.7. The summed E-state index contributed by atoms with van der Waals surface area (Å²) < 4.78 is 107. The van der Waals surface area contributed by atoms with E-state index >= 15 is 0 Å². The quantitative estimate of drug-likeness (QED) is 0.0488. The van der Waals surface area contributed by atoms with Gasteiger partial charge < -0.3 is 65.0 Å². The molecule has 0 unspecified atom stereocenters. The molecule has 0 bridgehead atoms. The molecule has 0 aromatic heterocycles. The van der Waals surface area contributed by atoms with E-state index in [1.807, 2.05) is 0 Å². The van der Waals surface area contributed by atoms with Crippen molar-refractivity contribution in [3.8, 4) is 45.6 Å². The highest BCUT2D eigenvalue weighted by molar-refractivity contribution is 7.91. The Morgan fingerprint density at radius 2 is 0.617 bits per heavy atom. The van der Waals surface area contributed by atoms with Gasteiger partial charge in [-0.05, 0) is 107 Å². The zero-order chi connectivity index (χ0) is 45.1. The number of halogens is 6. The first kappa shape index (κ1) is 45.2. The van der Waals surface area contributed by atoms with E-state index in [1.165, 1.54) is 36.4 Å². The normalized spacial score (nSPS) is 11.8. The molecule has 6 aromatic carbocycles. The minimum absolute atomic E-state index is 0.0344. The molecule has 6 rings (SSSR count). The molecule has 6 aromatic rings. The zero-order valence-corrected chi connectivity index (χ0v) is 31.3. The van der Waals surface area contributed by atoms with Gasteiger partial charge in [0.05, 0.1) is 43.9 Å². The number of alkyl halides is 6. The predicted molar refractivity (Wildman–Crippen MR) is 212 cm³/mol. The maximum atomic E-state index is 13.8. The molecule has 0 spiro atoms. The molecule has 0 fully saturated rings. The first-order valence-corrected chi connectivity index (χ1v) is 18.1. The zero-order valence-electron chi connectivity index (χ0n) is 30.5. The van der Waals surface area contributed by atoms with Gasteiger partial charge in [0.15, 0.2) is 0 Å². The number of nitrogens with two attached hydrogens (primary N) is 6. The van der Waals surface area contributed by atoms with Crippen molar-refractivity contribution in [3.05, 3.63) is 120 Å². The van der Waals surface area contributed by atoms with Crippen LogP contribution in [0, 0.1) is 0 Å². The number of phenolic OH excluding ortho intramolecular Hbond substituents is 6. The summed E-state index contributed by atoms with van der Waals surface area (Å²) in [6.07, 6.45) is -11.6. The van der Waals surface area contributed by atoms with Crippen molar-refractivity contribution in [2.24, 2.45) is 0 Å². The Morgan fingerprint density at radius 1 is 0.367 bits per heavy atom. The van der Waals surface area contributed by atoms with Crippen LogP contribution in [0.1, 0.15) is 11.1 Å². The van der Waals surface area contributed by atoms with Gasteiger partial charge in [0.2, 0.25) is 15.3 Å². The lowest BCUT2D eigenvalue weighted by molar-refractivity contribution is -0.288. The molecule has 318 valence electrons. The molecule has 14 nitrogen and oxygen atoms in total. The van der Waals surface area contributed by atoms with Crippen LogP contribution in [-0.2, 0) is 15.3 Å². The Kier molecular flexibility index (Phi) is 12.6. The summed E-state index contributed by atoms with van der Waals surface area (Å²) in [4.78, 5) is -0.124. The standard InChI is InChI=1S/C15H12F6N2O2.C12H12N2O4S.C12H12N2O2/c16-14(17,18)13(15(19,20)21,7-1-3-11(24)9(22)5-7)8-2-4-12(25)10(23)6-8;13-9-5-7(1-3-11(9)15)19(17,18)8-2-4-12(16)10(14)6-8;13-9-5-7(1-3-11(9)15)8-2-4-12(16)10(14)6-8/h1-6,24-25H,22-23H2;1-6,15-16H,13-14H2;1-6,15-16H,13-14H2. The van der Waals surface area contributed by atoms with Gasteiger partial charge in [-0.3, -0.25) is 0 Å². The Balaban J connectivity index is 0.000000204. The van der Waals surface area contributed by atoms with E-state index in [2.05, 4.69) is 0 Å². The van der Waals surface area contributed by atoms with Crippen LogP contribution >= 0.6 is 0 Å². The van der Waals surface area contributed by atoms with Crippen molar-refractivity contribution in [2.75, 3.05) is 34.4 Å². The molecule has 0 aliphatic carbocycles. The highest BCUT2D eigenvalue weighted by Gasteiger charge is 2.72. The largest absolute Gasteiger partial charge is 0.506 e. The minimum Gasteiger partial charge on any atom is -0.506 e. The Labute approximate surface area is 336 Å².